The standard InChI is InChI=1S/C23H16F3N7O/c24-16-6-3-13(4-7-16)15-5-9-20-29-30-22(32(20)11-15)23(25,26)17-8-10-19-27-18(12-33(19)31-17)28-21(34)14-1-2-14/h3-12,14H,1-2H2,(H,28,34). The van der Waals surface area contributed by atoms with E-state index in [9.17, 15) is 9.18 Å². The SMILES string of the molecule is O=C(Nc1cn2nc(C(F)(F)c3nnc4ccc(-c5ccc(F)cc5)cn34)ccc2n1)C1CC1. The summed E-state index contributed by atoms with van der Waals surface area (Å²) in [4.78, 5) is 16.2. The highest BCUT2D eigenvalue weighted by molar-refractivity contribution is 5.93. The number of alkyl halides is 2. The number of halogens is 3. The lowest BCUT2D eigenvalue weighted by atomic mass is 10.1. The number of nitrogens with one attached hydrogen (secondary N) is 1. The molecule has 1 aromatic carbocycles. The molecule has 0 atom stereocenters. The molecule has 0 saturated heterocycles. The highest BCUT2D eigenvalue weighted by atomic mass is 19.3. The van der Waals surface area contributed by atoms with Gasteiger partial charge < -0.3 is 5.32 Å². The second kappa shape index (κ2) is 7.37. The predicted octanol–water partition coefficient (Wildman–Crippen LogP) is 4.07. The summed E-state index contributed by atoms with van der Waals surface area (Å²) in [5, 5.41) is 14.3. The average molecular weight is 463 g/mol. The maximum atomic E-state index is 15.6. The monoisotopic (exact) mass is 463 g/mol. The third-order valence-electron chi connectivity index (χ3n) is 5.70. The minimum absolute atomic E-state index is 0.0151. The lowest BCUT2D eigenvalue weighted by Gasteiger charge is -2.14. The molecule has 34 heavy (non-hydrogen) atoms. The first kappa shape index (κ1) is 20.3. The van der Waals surface area contributed by atoms with Gasteiger partial charge in [-0.2, -0.15) is 13.9 Å². The quantitative estimate of drug-likeness (QED) is 0.425. The van der Waals surface area contributed by atoms with Gasteiger partial charge >= 0.3 is 5.92 Å². The van der Waals surface area contributed by atoms with Crippen LogP contribution >= 0.6 is 0 Å². The summed E-state index contributed by atoms with van der Waals surface area (Å²) in [5.74, 6) is -4.49. The van der Waals surface area contributed by atoms with Crippen LogP contribution in [0.25, 0.3) is 22.4 Å². The molecular weight excluding hydrogens is 447 g/mol. The van der Waals surface area contributed by atoms with Crippen molar-refractivity contribution in [3.63, 3.8) is 0 Å². The second-order valence-electron chi connectivity index (χ2n) is 8.16. The smallest absolute Gasteiger partial charge is 0.309 e. The van der Waals surface area contributed by atoms with Crippen molar-refractivity contribution in [1.29, 1.82) is 0 Å². The first-order chi connectivity index (χ1) is 16.4. The predicted molar refractivity (Wildman–Crippen MR) is 116 cm³/mol. The largest absolute Gasteiger partial charge is 0.350 e. The number of pyridine rings is 1. The summed E-state index contributed by atoms with van der Waals surface area (Å²) < 4.78 is 46.8. The summed E-state index contributed by atoms with van der Waals surface area (Å²) >= 11 is 0. The normalized spacial score (nSPS) is 14.1. The number of amides is 1. The Balaban J connectivity index is 1.37. The fraction of sp³-hybridized carbons (Fsp3) is 0.174. The van der Waals surface area contributed by atoms with Crippen LogP contribution in [0.3, 0.4) is 0 Å². The fourth-order valence-electron chi connectivity index (χ4n) is 3.72. The summed E-state index contributed by atoms with van der Waals surface area (Å²) in [6.45, 7) is 0. The number of aromatic nitrogens is 6. The number of nitrogens with zero attached hydrogens (tertiary/aromatic N) is 6. The molecule has 5 aromatic rings. The second-order valence-corrected chi connectivity index (χ2v) is 8.16. The molecule has 0 radical (unpaired) electrons. The van der Waals surface area contributed by atoms with E-state index in [1.165, 1.54) is 45.6 Å². The van der Waals surface area contributed by atoms with Crippen LogP contribution in [0.1, 0.15) is 24.4 Å². The summed E-state index contributed by atoms with van der Waals surface area (Å²) in [7, 11) is 0. The molecule has 1 fully saturated rings. The van der Waals surface area contributed by atoms with Crippen molar-refractivity contribution < 1.29 is 18.0 Å². The summed E-state index contributed by atoms with van der Waals surface area (Å²) in [6.07, 6.45) is 4.54. The van der Waals surface area contributed by atoms with Crippen molar-refractivity contribution in [3.05, 3.63) is 78.3 Å². The fourth-order valence-corrected chi connectivity index (χ4v) is 3.72. The molecule has 4 heterocycles. The van der Waals surface area contributed by atoms with Gasteiger partial charge in [-0.15, -0.1) is 10.2 Å². The molecule has 0 aliphatic heterocycles. The van der Waals surface area contributed by atoms with E-state index in [0.717, 1.165) is 12.8 Å². The van der Waals surface area contributed by atoms with Gasteiger partial charge in [0, 0.05) is 12.1 Å². The number of hydrogen-bond acceptors (Lipinski definition) is 5. The van der Waals surface area contributed by atoms with E-state index in [-0.39, 0.29) is 23.3 Å². The van der Waals surface area contributed by atoms with Gasteiger partial charge in [0.1, 0.15) is 11.5 Å². The topological polar surface area (TPSA) is 89.5 Å². The van der Waals surface area contributed by atoms with Gasteiger partial charge in [-0.25, -0.2) is 13.9 Å². The van der Waals surface area contributed by atoms with Gasteiger partial charge in [0.25, 0.3) is 0 Å². The Hall–Kier alpha value is -4.28. The Morgan fingerprint density at radius 1 is 0.941 bits per heavy atom. The molecule has 1 N–H and O–H groups in total. The van der Waals surface area contributed by atoms with E-state index in [1.807, 2.05) is 0 Å². The van der Waals surface area contributed by atoms with Crippen LogP contribution in [0.4, 0.5) is 19.0 Å². The van der Waals surface area contributed by atoms with Gasteiger partial charge in [0.05, 0.1) is 6.20 Å². The average Bonchev–Trinajstić information content (AvgIpc) is 3.47. The third-order valence-corrected chi connectivity index (χ3v) is 5.70. The Morgan fingerprint density at radius 2 is 1.68 bits per heavy atom. The van der Waals surface area contributed by atoms with Crippen molar-refractivity contribution in [2.24, 2.45) is 5.92 Å². The van der Waals surface area contributed by atoms with Crippen LogP contribution in [0.15, 0.2) is 60.9 Å². The van der Waals surface area contributed by atoms with Crippen LogP contribution in [-0.2, 0) is 10.7 Å². The van der Waals surface area contributed by atoms with Gasteiger partial charge in [0.2, 0.25) is 11.7 Å². The van der Waals surface area contributed by atoms with Gasteiger partial charge in [-0.3, -0.25) is 9.20 Å². The van der Waals surface area contributed by atoms with Gasteiger partial charge in [0.15, 0.2) is 17.1 Å². The first-order valence-electron chi connectivity index (χ1n) is 10.6. The van der Waals surface area contributed by atoms with E-state index in [4.69, 9.17) is 0 Å². The maximum Gasteiger partial charge on any atom is 0.350 e. The lowest BCUT2D eigenvalue weighted by Crippen LogP contribution is -2.22. The highest BCUT2D eigenvalue weighted by Gasteiger charge is 2.41. The molecular formula is C23H16F3N7O. The van der Waals surface area contributed by atoms with E-state index in [2.05, 4.69) is 25.6 Å². The lowest BCUT2D eigenvalue weighted by molar-refractivity contribution is -0.117. The number of anilines is 1. The number of benzene rings is 1. The third kappa shape index (κ3) is 3.45. The molecule has 1 amide bonds. The molecule has 1 saturated carbocycles. The van der Waals surface area contributed by atoms with E-state index in [0.29, 0.717) is 16.8 Å². The minimum Gasteiger partial charge on any atom is -0.309 e. The molecule has 11 heteroatoms. The number of rotatable bonds is 5. The van der Waals surface area contributed by atoms with Crippen molar-refractivity contribution in [3.8, 4) is 11.1 Å². The Labute approximate surface area is 190 Å². The Kier molecular flexibility index (Phi) is 4.41. The number of hydrogen-bond donors (Lipinski definition) is 1. The molecule has 4 aromatic heterocycles. The number of fused-ring (bicyclic) bond motifs is 2. The maximum absolute atomic E-state index is 15.6. The van der Waals surface area contributed by atoms with E-state index >= 15 is 8.78 Å². The van der Waals surface area contributed by atoms with Crippen LogP contribution in [0.5, 0.6) is 0 Å². The molecule has 1 aliphatic carbocycles. The minimum atomic E-state index is -3.59. The van der Waals surface area contributed by atoms with Crippen LogP contribution in [0.2, 0.25) is 0 Å². The zero-order chi connectivity index (χ0) is 23.4. The summed E-state index contributed by atoms with van der Waals surface area (Å²) in [6, 6.07) is 11.5. The number of carbonyl (C=O) groups is 1. The van der Waals surface area contributed by atoms with Crippen LogP contribution in [0, 0.1) is 11.7 Å². The van der Waals surface area contributed by atoms with E-state index in [1.54, 1.807) is 24.3 Å². The van der Waals surface area contributed by atoms with Crippen molar-refractivity contribution >= 4 is 23.0 Å². The zero-order valence-corrected chi connectivity index (χ0v) is 17.5. The molecule has 0 bridgehead atoms. The van der Waals surface area contributed by atoms with E-state index < -0.39 is 23.3 Å². The van der Waals surface area contributed by atoms with Gasteiger partial charge in [-0.1, -0.05) is 12.1 Å². The molecule has 170 valence electrons. The number of imidazole rings is 1. The molecule has 1 aliphatic rings. The first-order valence-corrected chi connectivity index (χ1v) is 10.6. The summed E-state index contributed by atoms with van der Waals surface area (Å²) in [5.41, 5.74) is 1.24. The molecule has 8 nitrogen and oxygen atoms in total. The van der Waals surface area contributed by atoms with Crippen LogP contribution < -0.4 is 5.32 Å². The Bertz CT molecular complexity index is 1550. The van der Waals surface area contributed by atoms with Crippen molar-refractivity contribution in [2.45, 2.75) is 18.8 Å². The van der Waals surface area contributed by atoms with Gasteiger partial charge in [-0.05, 0) is 60.4 Å². The van der Waals surface area contributed by atoms with Crippen molar-refractivity contribution in [2.75, 3.05) is 5.32 Å². The Morgan fingerprint density at radius 3 is 2.44 bits per heavy atom. The van der Waals surface area contributed by atoms with Crippen LogP contribution in [-0.4, -0.2) is 35.1 Å². The number of carbonyl (C=O) groups excluding carboxylic acids is 1. The zero-order valence-electron chi connectivity index (χ0n) is 17.5. The van der Waals surface area contributed by atoms with Crippen molar-refractivity contribution in [1.82, 2.24) is 29.2 Å². The molecule has 0 spiro atoms. The highest BCUT2D eigenvalue weighted by Crippen LogP contribution is 2.34. The molecule has 0 unspecified atom stereocenters. The molecule has 6 rings (SSSR count).